The molecule has 0 saturated carbocycles. The summed E-state index contributed by atoms with van der Waals surface area (Å²) in [4.78, 5) is 12.2. The molecule has 0 spiro atoms. The van der Waals surface area contributed by atoms with Crippen LogP contribution in [0, 0.1) is 6.92 Å². The van der Waals surface area contributed by atoms with Crippen molar-refractivity contribution >= 4 is 16.9 Å². The Kier molecular flexibility index (Phi) is 4.70. The molecular formula is C19H19NO4. The van der Waals surface area contributed by atoms with E-state index in [1.54, 1.807) is 19.2 Å². The van der Waals surface area contributed by atoms with Gasteiger partial charge >= 0.3 is 0 Å². The maximum Gasteiger partial charge on any atom is 0.287 e. The molecule has 1 N–H and O–H groups in total. The van der Waals surface area contributed by atoms with Crippen molar-refractivity contribution in [3.05, 3.63) is 59.9 Å². The summed E-state index contributed by atoms with van der Waals surface area (Å²) >= 11 is 0. The third kappa shape index (κ3) is 3.51. The molecule has 3 rings (SSSR count). The average Bonchev–Trinajstić information content (AvgIpc) is 3.04. The minimum atomic E-state index is -0.277. The Morgan fingerprint density at radius 1 is 1.17 bits per heavy atom. The van der Waals surface area contributed by atoms with Gasteiger partial charge in [-0.1, -0.05) is 29.8 Å². The normalized spacial score (nSPS) is 10.6. The fraction of sp³-hybridized carbons (Fsp3) is 0.211. The van der Waals surface area contributed by atoms with Gasteiger partial charge in [0.2, 0.25) is 0 Å². The van der Waals surface area contributed by atoms with Gasteiger partial charge in [0.1, 0.15) is 12.4 Å². The molecular weight excluding hydrogens is 306 g/mol. The van der Waals surface area contributed by atoms with Crippen molar-refractivity contribution in [3.8, 4) is 11.5 Å². The lowest BCUT2D eigenvalue weighted by Crippen LogP contribution is -2.27. The maximum atomic E-state index is 12.2. The number of carbonyl (C=O) groups is 1. The second kappa shape index (κ2) is 7.08. The number of hydrogen-bond acceptors (Lipinski definition) is 4. The lowest BCUT2D eigenvalue weighted by molar-refractivity contribution is 0.0921. The first kappa shape index (κ1) is 15.9. The van der Waals surface area contributed by atoms with E-state index in [1.165, 1.54) is 5.56 Å². The first-order valence-electron chi connectivity index (χ1n) is 7.71. The van der Waals surface area contributed by atoms with Gasteiger partial charge in [0.15, 0.2) is 17.1 Å². The van der Waals surface area contributed by atoms with Crippen LogP contribution in [0.15, 0.2) is 52.9 Å². The van der Waals surface area contributed by atoms with Gasteiger partial charge in [-0.3, -0.25) is 4.79 Å². The number of benzene rings is 2. The summed E-state index contributed by atoms with van der Waals surface area (Å²) in [6.07, 6.45) is 0. The second-order valence-electron chi connectivity index (χ2n) is 5.41. The number of para-hydroxylation sites is 1. The molecule has 5 nitrogen and oxygen atoms in total. The van der Waals surface area contributed by atoms with Crippen LogP contribution in [0.5, 0.6) is 11.5 Å². The Labute approximate surface area is 140 Å². The van der Waals surface area contributed by atoms with E-state index in [4.69, 9.17) is 13.9 Å². The molecule has 2 aromatic carbocycles. The van der Waals surface area contributed by atoms with Crippen LogP contribution in [0.4, 0.5) is 0 Å². The minimum Gasteiger partial charge on any atom is -0.493 e. The molecule has 124 valence electrons. The number of furan rings is 1. The summed E-state index contributed by atoms with van der Waals surface area (Å²) in [5.41, 5.74) is 1.75. The van der Waals surface area contributed by atoms with Crippen LogP contribution in [-0.2, 0) is 0 Å². The fourth-order valence-electron chi connectivity index (χ4n) is 2.36. The molecule has 1 aromatic heterocycles. The number of fused-ring (bicyclic) bond motifs is 1. The zero-order valence-electron chi connectivity index (χ0n) is 13.7. The molecule has 0 fully saturated rings. The van der Waals surface area contributed by atoms with E-state index in [0.29, 0.717) is 24.5 Å². The second-order valence-corrected chi connectivity index (χ2v) is 5.41. The summed E-state index contributed by atoms with van der Waals surface area (Å²) in [6.45, 7) is 2.80. The predicted molar refractivity (Wildman–Crippen MR) is 91.8 cm³/mol. The zero-order chi connectivity index (χ0) is 16.9. The molecule has 24 heavy (non-hydrogen) atoms. The third-order valence-electron chi connectivity index (χ3n) is 3.63. The van der Waals surface area contributed by atoms with Crippen molar-refractivity contribution in [2.45, 2.75) is 6.92 Å². The number of nitrogens with one attached hydrogen (secondary N) is 1. The molecule has 3 aromatic rings. The van der Waals surface area contributed by atoms with Crippen LogP contribution in [0.3, 0.4) is 0 Å². The summed E-state index contributed by atoms with van der Waals surface area (Å²) in [5, 5.41) is 3.61. The molecule has 0 aliphatic rings. The number of methoxy groups -OCH3 is 1. The van der Waals surface area contributed by atoms with E-state index in [-0.39, 0.29) is 11.7 Å². The van der Waals surface area contributed by atoms with E-state index in [0.717, 1.165) is 11.1 Å². The van der Waals surface area contributed by atoms with Gasteiger partial charge in [-0.2, -0.15) is 0 Å². The Morgan fingerprint density at radius 2 is 1.96 bits per heavy atom. The molecule has 0 aliphatic heterocycles. The van der Waals surface area contributed by atoms with Gasteiger partial charge in [-0.25, -0.2) is 0 Å². The van der Waals surface area contributed by atoms with Gasteiger partial charge in [-0.05, 0) is 31.2 Å². The number of rotatable bonds is 6. The summed E-state index contributed by atoms with van der Waals surface area (Å²) in [7, 11) is 1.57. The zero-order valence-corrected chi connectivity index (χ0v) is 13.7. The largest absolute Gasteiger partial charge is 0.493 e. The third-order valence-corrected chi connectivity index (χ3v) is 3.63. The molecule has 1 amide bonds. The topological polar surface area (TPSA) is 60.7 Å². The fourth-order valence-corrected chi connectivity index (χ4v) is 2.36. The van der Waals surface area contributed by atoms with Crippen LogP contribution < -0.4 is 14.8 Å². The first-order chi connectivity index (χ1) is 11.7. The van der Waals surface area contributed by atoms with E-state index in [9.17, 15) is 4.79 Å². The standard InChI is InChI=1S/C19H19NO4/c1-13-6-8-15(9-7-13)23-11-10-20-19(21)17-12-14-4-3-5-16(22-2)18(14)24-17/h3-9,12H,10-11H2,1-2H3,(H,20,21). The van der Waals surface area contributed by atoms with Gasteiger partial charge in [0.05, 0.1) is 13.7 Å². The number of amides is 1. The number of hydrogen-bond donors (Lipinski definition) is 1. The SMILES string of the molecule is COc1cccc2cc(C(=O)NCCOc3ccc(C)cc3)oc12. The first-order valence-corrected chi connectivity index (χ1v) is 7.71. The summed E-state index contributed by atoms with van der Waals surface area (Å²) in [5.74, 6) is 1.36. The molecule has 0 radical (unpaired) electrons. The van der Waals surface area contributed by atoms with Gasteiger partial charge in [0.25, 0.3) is 5.91 Å². The van der Waals surface area contributed by atoms with Crippen LogP contribution in [0.2, 0.25) is 0 Å². The highest BCUT2D eigenvalue weighted by Gasteiger charge is 2.14. The Bertz CT molecular complexity index is 836. The quantitative estimate of drug-likeness (QED) is 0.704. The Balaban J connectivity index is 1.56. The highest BCUT2D eigenvalue weighted by molar-refractivity contribution is 5.97. The van der Waals surface area contributed by atoms with Crippen molar-refractivity contribution in [1.82, 2.24) is 5.32 Å². The van der Waals surface area contributed by atoms with Crippen LogP contribution in [0.25, 0.3) is 11.0 Å². The van der Waals surface area contributed by atoms with Gasteiger partial charge in [-0.15, -0.1) is 0 Å². The molecule has 0 unspecified atom stereocenters. The van der Waals surface area contributed by atoms with Crippen LogP contribution in [0.1, 0.15) is 16.1 Å². The predicted octanol–water partition coefficient (Wildman–Crippen LogP) is 3.56. The Morgan fingerprint density at radius 3 is 2.71 bits per heavy atom. The molecule has 0 atom stereocenters. The molecule has 5 heteroatoms. The molecule has 0 aliphatic carbocycles. The highest BCUT2D eigenvalue weighted by Crippen LogP contribution is 2.28. The van der Waals surface area contributed by atoms with Crippen LogP contribution >= 0.6 is 0 Å². The van der Waals surface area contributed by atoms with Crippen molar-refractivity contribution in [2.24, 2.45) is 0 Å². The van der Waals surface area contributed by atoms with Gasteiger partial charge in [0, 0.05) is 5.39 Å². The van der Waals surface area contributed by atoms with Crippen molar-refractivity contribution in [1.29, 1.82) is 0 Å². The van der Waals surface area contributed by atoms with Crippen molar-refractivity contribution in [2.75, 3.05) is 20.3 Å². The molecule has 0 saturated heterocycles. The number of ether oxygens (including phenoxy) is 2. The van der Waals surface area contributed by atoms with E-state index in [1.807, 2.05) is 43.3 Å². The van der Waals surface area contributed by atoms with E-state index >= 15 is 0 Å². The van der Waals surface area contributed by atoms with E-state index in [2.05, 4.69) is 5.32 Å². The molecule has 1 heterocycles. The lowest BCUT2D eigenvalue weighted by atomic mass is 10.2. The van der Waals surface area contributed by atoms with Crippen LogP contribution in [-0.4, -0.2) is 26.2 Å². The monoisotopic (exact) mass is 325 g/mol. The minimum absolute atomic E-state index is 0.254. The smallest absolute Gasteiger partial charge is 0.287 e. The number of aryl methyl sites for hydroxylation is 1. The van der Waals surface area contributed by atoms with Crippen molar-refractivity contribution < 1.29 is 18.7 Å². The maximum absolute atomic E-state index is 12.2. The lowest BCUT2D eigenvalue weighted by Gasteiger charge is -2.07. The number of carbonyl (C=O) groups excluding carboxylic acids is 1. The summed E-state index contributed by atoms with van der Waals surface area (Å²) < 4.78 is 16.4. The molecule has 0 bridgehead atoms. The highest BCUT2D eigenvalue weighted by atomic mass is 16.5. The Hall–Kier alpha value is -2.95. The average molecular weight is 325 g/mol. The van der Waals surface area contributed by atoms with Crippen molar-refractivity contribution in [3.63, 3.8) is 0 Å². The van der Waals surface area contributed by atoms with Gasteiger partial charge < -0.3 is 19.2 Å². The van der Waals surface area contributed by atoms with E-state index < -0.39 is 0 Å². The summed E-state index contributed by atoms with van der Waals surface area (Å²) in [6, 6.07) is 15.0.